The molecule has 1 N–H and O–H groups in total. The van der Waals surface area contributed by atoms with Crippen LogP contribution in [0, 0.1) is 19.7 Å². The van der Waals surface area contributed by atoms with Gasteiger partial charge in [-0.05, 0) is 43.5 Å². The molecule has 0 spiro atoms. The summed E-state index contributed by atoms with van der Waals surface area (Å²) < 4.78 is 12.9. The van der Waals surface area contributed by atoms with E-state index in [9.17, 15) is 4.39 Å². The number of benzene rings is 1. The maximum atomic E-state index is 12.9. The number of hydrogen-bond donors (Lipinski definition) is 1. The molecule has 0 saturated carbocycles. The van der Waals surface area contributed by atoms with Gasteiger partial charge in [-0.2, -0.15) is 0 Å². The molecule has 0 atom stereocenters. The Kier molecular flexibility index (Phi) is 3.74. The second-order valence-corrected chi connectivity index (χ2v) is 4.90. The lowest BCUT2D eigenvalue weighted by Crippen LogP contribution is -2.05. The van der Waals surface area contributed by atoms with Crippen LogP contribution in [0.15, 0.2) is 23.6 Å². The van der Waals surface area contributed by atoms with Crippen molar-refractivity contribution in [2.45, 2.75) is 20.3 Å². The summed E-state index contributed by atoms with van der Waals surface area (Å²) in [6.45, 7) is 4.73. The van der Waals surface area contributed by atoms with Crippen LogP contribution in [0.2, 0.25) is 0 Å². The lowest BCUT2D eigenvalue weighted by atomic mass is 10.1. The molecule has 2 rings (SSSR count). The highest BCUT2D eigenvalue weighted by molar-refractivity contribution is 7.13. The Morgan fingerprint density at radius 3 is 2.82 bits per heavy atom. The summed E-state index contributed by atoms with van der Waals surface area (Å²) in [6.07, 6.45) is 0.880. The van der Waals surface area contributed by atoms with Crippen molar-refractivity contribution in [1.29, 1.82) is 0 Å². The van der Waals surface area contributed by atoms with Crippen molar-refractivity contribution in [1.82, 2.24) is 4.98 Å². The average molecular weight is 250 g/mol. The molecule has 0 fully saturated rings. The molecule has 0 unspecified atom stereocenters. The van der Waals surface area contributed by atoms with E-state index in [0.717, 1.165) is 29.4 Å². The third-order valence-corrected chi connectivity index (χ3v) is 3.51. The number of hydrogen-bond acceptors (Lipinski definition) is 3. The van der Waals surface area contributed by atoms with E-state index in [0.29, 0.717) is 0 Å². The molecular weight excluding hydrogens is 235 g/mol. The number of halogens is 1. The first-order valence-electron chi connectivity index (χ1n) is 5.56. The van der Waals surface area contributed by atoms with E-state index in [1.165, 1.54) is 11.6 Å². The van der Waals surface area contributed by atoms with Crippen LogP contribution in [0.4, 0.5) is 9.52 Å². The second-order valence-electron chi connectivity index (χ2n) is 4.04. The summed E-state index contributed by atoms with van der Waals surface area (Å²) in [5.41, 5.74) is 3.21. The number of nitrogens with one attached hydrogen (secondary N) is 1. The zero-order chi connectivity index (χ0) is 12.3. The zero-order valence-electron chi connectivity index (χ0n) is 9.96. The molecule has 0 saturated heterocycles. The van der Waals surface area contributed by atoms with E-state index in [2.05, 4.69) is 10.3 Å². The highest BCUT2D eigenvalue weighted by atomic mass is 32.1. The van der Waals surface area contributed by atoms with E-state index in [1.807, 2.05) is 25.3 Å². The van der Waals surface area contributed by atoms with Crippen molar-refractivity contribution >= 4 is 16.5 Å². The van der Waals surface area contributed by atoms with Crippen molar-refractivity contribution < 1.29 is 4.39 Å². The van der Waals surface area contributed by atoms with E-state index in [4.69, 9.17) is 0 Å². The Morgan fingerprint density at radius 2 is 2.18 bits per heavy atom. The van der Waals surface area contributed by atoms with Gasteiger partial charge in [-0.1, -0.05) is 6.07 Å². The smallest absolute Gasteiger partial charge is 0.182 e. The summed E-state index contributed by atoms with van der Waals surface area (Å²) in [5.74, 6) is -0.172. The van der Waals surface area contributed by atoms with Crippen LogP contribution in [0.1, 0.15) is 16.8 Å². The van der Waals surface area contributed by atoms with E-state index in [1.54, 1.807) is 17.4 Å². The number of nitrogens with zero attached hydrogens (tertiary/aromatic N) is 1. The molecule has 0 aliphatic carbocycles. The molecule has 0 bridgehead atoms. The molecular formula is C13H15FN2S. The van der Waals surface area contributed by atoms with Gasteiger partial charge in [0.05, 0.1) is 5.69 Å². The van der Waals surface area contributed by atoms with Crippen molar-refractivity contribution in [2.24, 2.45) is 0 Å². The van der Waals surface area contributed by atoms with E-state index < -0.39 is 0 Å². The third kappa shape index (κ3) is 3.27. The first kappa shape index (κ1) is 12.0. The predicted molar refractivity (Wildman–Crippen MR) is 70.2 cm³/mol. The van der Waals surface area contributed by atoms with Gasteiger partial charge in [0.15, 0.2) is 5.13 Å². The summed E-state index contributed by atoms with van der Waals surface area (Å²) in [4.78, 5) is 4.33. The lowest BCUT2D eigenvalue weighted by Gasteiger charge is -2.06. The predicted octanol–water partition coefficient (Wildman–Crippen LogP) is 3.55. The minimum Gasteiger partial charge on any atom is -0.361 e. The van der Waals surface area contributed by atoms with Gasteiger partial charge in [-0.25, -0.2) is 9.37 Å². The lowest BCUT2D eigenvalue weighted by molar-refractivity contribution is 0.625. The van der Waals surface area contributed by atoms with Crippen LogP contribution in [-0.2, 0) is 6.42 Å². The monoisotopic (exact) mass is 250 g/mol. The van der Waals surface area contributed by atoms with Gasteiger partial charge in [-0.3, -0.25) is 0 Å². The fourth-order valence-electron chi connectivity index (χ4n) is 1.68. The van der Waals surface area contributed by atoms with Crippen LogP contribution in [0.25, 0.3) is 0 Å². The Labute approximate surface area is 105 Å². The minimum atomic E-state index is -0.172. The van der Waals surface area contributed by atoms with Gasteiger partial charge in [0.2, 0.25) is 0 Å². The molecule has 0 aliphatic rings. The standard InChI is InChI=1S/C13H15FN2S/c1-9-7-12(14)4-3-11(9)5-6-15-13-16-10(2)8-17-13/h3-4,7-8H,5-6H2,1-2H3,(H,15,16). The largest absolute Gasteiger partial charge is 0.361 e. The van der Waals surface area contributed by atoms with Crippen molar-refractivity contribution in [2.75, 3.05) is 11.9 Å². The summed E-state index contributed by atoms with van der Waals surface area (Å²) >= 11 is 1.61. The van der Waals surface area contributed by atoms with Crippen molar-refractivity contribution in [3.05, 3.63) is 46.2 Å². The highest BCUT2D eigenvalue weighted by Gasteiger charge is 2.01. The van der Waals surface area contributed by atoms with Crippen LogP contribution in [0.5, 0.6) is 0 Å². The topological polar surface area (TPSA) is 24.9 Å². The first-order chi connectivity index (χ1) is 8.15. The van der Waals surface area contributed by atoms with Crippen molar-refractivity contribution in [3.8, 4) is 0 Å². The molecule has 2 nitrogen and oxygen atoms in total. The Balaban J connectivity index is 1.90. The molecule has 0 aliphatic heterocycles. The third-order valence-electron chi connectivity index (χ3n) is 2.59. The van der Waals surface area contributed by atoms with Gasteiger partial charge in [0.25, 0.3) is 0 Å². The fourth-order valence-corrected chi connectivity index (χ4v) is 2.40. The molecule has 4 heteroatoms. The Morgan fingerprint density at radius 1 is 1.35 bits per heavy atom. The zero-order valence-corrected chi connectivity index (χ0v) is 10.8. The van der Waals surface area contributed by atoms with Crippen molar-refractivity contribution in [3.63, 3.8) is 0 Å². The summed E-state index contributed by atoms with van der Waals surface area (Å²) in [7, 11) is 0. The molecule has 1 aromatic heterocycles. The van der Waals surface area contributed by atoms with E-state index >= 15 is 0 Å². The van der Waals surface area contributed by atoms with Crippen LogP contribution in [0.3, 0.4) is 0 Å². The van der Waals surface area contributed by atoms with Crippen LogP contribution < -0.4 is 5.32 Å². The van der Waals surface area contributed by atoms with E-state index in [-0.39, 0.29) is 5.82 Å². The van der Waals surface area contributed by atoms with Crippen LogP contribution >= 0.6 is 11.3 Å². The first-order valence-corrected chi connectivity index (χ1v) is 6.44. The normalized spacial score (nSPS) is 10.5. The van der Waals surface area contributed by atoms with Gasteiger partial charge < -0.3 is 5.32 Å². The molecule has 1 heterocycles. The highest BCUT2D eigenvalue weighted by Crippen LogP contribution is 2.15. The summed E-state index contributed by atoms with van der Waals surface area (Å²) in [6, 6.07) is 4.93. The molecule has 1 aromatic carbocycles. The van der Waals surface area contributed by atoms with Crippen LogP contribution in [-0.4, -0.2) is 11.5 Å². The van der Waals surface area contributed by atoms with Gasteiger partial charge in [0, 0.05) is 11.9 Å². The van der Waals surface area contributed by atoms with Gasteiger partial charge in [-0.15, -0.1) is 11.3 Å². The molecule has 90 valence electrons. The Bertz CT molecular complexity index is 508. The average Bonchev–Trinajstić information content (AvgIpc) is 2.68. The SMILES string of the molecule is Cc1csc(NCCc2ccc(F)cc2C)n1. The maximum Gasteiger partial charge on any atom is 0.182 e. The maximum absolute atomic E-state index is 12.9. The number of aromatic nitrogens is 1. The second kappa shape index (κ2) is 5.27. The number of anilines is 1. The Hall–Kier alpha value is -1.42. The van der Waals surface area contributed by atoms with Gasteiger partial charge in [0.1, 0.15) is 5.82 Å². The summed E-state index contributed by atoms with van der Waals surface area (Å²) in [5, 5.41) is 6.24. The molecule has 0 amide bonds. The fraction of sp³-hybridized carbons (Fsp3) is 0.308. The molecule has 2 aromatic rings. The number of rotatable bonds is 4. The number of aryl methyl sites for hydroxylation is 2. The molecule has 0 radical (unpaired) electrons. The molecule has 17 heavy (non-hydrogen) atoms. The quantitative estimate of drug-likeness (QED) is 0.897. The van der Waals surface area contributed by atoms with Gasteiger partial charge >= 0.3 is 0 Å². The number of thiazole rings is 1. The minimum absolute atomic E-state index is 0.172.